The fourth-order valence-electron chi connectivity index (χ4n) is 2.37. The van der Waals surface area contributed by atoms with Gasteiger partial charge in [0.15, 0.2) is 0 Å². The summed E-state index contributed by atoms with van der Waals surface area (Å²) in [5.41, 5.74) is 6.39. The van der Waals surface area contributed by atoms with Gasteiger partial charge in [0.25, 0.3) is 0 Å². The molecule has 0 aliphatic rings. The molecule has 1 rings (SSSR count). The maximum Gasteiger partial charge on any atom is 0.0702 e. The van der Waals surface area contributed by atoms with E-state index in [1.165, 1.54) is 8.66 Å². The van der Waals surface area contributed by atoms with Crippen molar-refractivity contribution in [2.75, 3.05) is 19.1 Å². The monoisotopic (exact) mass is 364 g/mol. The van der Waals surface area contributed by atoms with E-state index in [4.69, 9.17) is 5.73 Å². The number of hydrogen-bond acceptors (Lipinski definition) is 4. The molecule has 0 aromatic carbocycles. The summed E-state index contributed by atoms with van der Waals surface area (Å²) < 4.78 is 1.18. The molecule has 0 amide bonds. The third-order valence-corrected chi connectivity index (χ3v) is 6.02. The Morgan fingerprint density at radius 2 is 2.05 bits per heavy atom. The highest BCUT2D eigenvalue weighted by Crippen LogP contribution is 2.34. The molecule has 2 nitrogen and oxygen atoms in total. The number of likely N-dealkylation sites (N-methyl/N-ethyl adjacent to an activating group) is 1. The van der Waals surface area contributed by atoms with Gasteiger partial charge in [0.1, 0.15) is 0 Å². The minimum Gasteiger partial charge on any atom is -0.326 e. The fraction of sp³-hybridized carbons (Fsp3) is 0.714. The Morgan fingerprint density at radius 3 is 2.47 bits per heavy atom. The van der Waals surface area contributed by atoms with Gasteiger partial charge < -0.3 is 5.73 Å². The molecule has 3 unspecified atom stereocenters. The lowest BCUT2D eigenvalue weighted by Crippen LogP contribution is -2.44. The Kier molecular flexibility index (Phi) is 7.99. The summed E-state index contributed by atoms with van der Waals surface area (Å²) >= 11 is 7.27. The molecule has 2 N–H and O–H groups in total. The van der Waals surface area contributed by atoms with Gasteiger partial charge in [0.2, 0.25) is 0 Å². The van der Waals surface area contributed by atoms with Gasteiger partial charge in [-0.2, -0.15) is 11.8 Å². The molecule has 0 aliphatic carbocycles. The normalized spacial score (nSPS) is 16.6. The van der Waals surface area contributed by atoms with E-state index in [0.717, 1.165) is 18.6 Å². The van der Waals surface area contributed by atoms with Gasteiger partial charge in [-0.05, 0) is 54.2 Å². The van der Waals surface area contributed by atoms with Crippen molar-refractivity contribution < 1.29 is 0 Å². The van der Waals surface area contributed by atoms with E-state index in [1.807, 2.05) is 11.8 Å². The number of thioether (sulfide) groups is 1. The first-order chi connectivity index (χ1) is 9.04. The summed E-state index contributed by atoms with van der Waals surface area (Å²) in [6.45, 7) is 4.43. The quantitative estimate of drug-likeness (QED) is 0.742. The van der Waals surface area contributed by atoms with E-state index in [-0.39, 0.29) is 6.04 Å². The van der Waals surface area contributed by atoms with Crippen molar-refractivity contribution in [3.8, 4) is 0 Å². The van der Waals surface area contributed by atoms with Crippen LogP contribution in [0.25, 0.3) is 0 Å². The van der Waals surface area contributed by atoms with Crippen molar-refractivity contribution in [3.63, 3.8) is 0 Å². The van der Waals surface area contributed by atoms with Crippen molar-refractivity contribution in [1.82, 2.24) is 4.90 Å². The zero-order valence-electron chi connectivity index (χ0n) is 12.2. The lowest BCUT2D eigenvalue weighted by Gasteiger charge is -2.37. The van der Waals surface area contributed by atoms with Gasteiger partial charge in [-0.15, -0.1) is 11.3 Å². The number of hydrogen-bond donors (Lipinski definition) is 1. The van der Waals surface area contributed by atoms with E-state index in [0.29, 0.717) is 12.1 Å². The van der Waals surface area contributed by atoms with Crippen molar-refractivity contribution >= 4 is 39.0 Å². The standard InChI is InChI=1S/C14H25BrN2S2/c1-5-10(9-18-4)17(3)14(11(16)6-2)12-7-8-13(15)19-12/h7-8,10-11,14H,5-6,9,16H2,1-4H3. The molecule has 0 fully saturated rings. The summed E-state index contributed by atoms with van der Waals surface area (Å²) in [7, 11) is 2.22. The average Bonchev–Trinajstić information content (AvgIpc) is 2.82. The van der Waals surface area contributed by atoms with Crippen LogP contribution in [0.4, 0.5) is 0 Å². The van der Waals surface area contributed by atoms with E-state index in [1.54, 1.807) is 11.3 Å². The topological polar surface area (TPSA) is 29.3 Å². The predicted molar refractivity (Wildman–Crippen MR) is 93.3 cm³/mol. The number of nitrogens with zero attached hydrogens (tertiary/aromatic N) is 1. The highest BCUT2D eigenvalue weighted by Gasteiger charge is 2.28. The third kappa shape index (κ3) is 4.74. The van der Waals surface area contributed by atoms with Crippen LogP contribution in [0, 0.1) is 0 Å². The van der Waals surface area contributed by atoms with E-state index < -0.39 is 0 Å². The van der Waals surface area contributed by atoms with Crippen molar-refractivity contribution in [1.29, 1.82) is 0 Å². The largest absolute Gasteiger partial charge is 0.326 e. The van der Waals surface area contributed by atoms with Gasteiger partial charge >= 0.3 is 0 Å². The Morgan fingerprint density at radius 1 is 1.37 bits per heavy atom. The molecule has 5 heteroatoms. The second-order valence-electron chi connectivity index (χ2n) is 4.84. The first-order valence-corrected chi connectivity index (χ1v) is 9.77. The van der Waals surface area contributed by atoms with Gasteiger partial charge in [0, 0.05) is 22.7 Å². The second-order valence-corrected chi connectivity index (χ2v) is 8.25. The molecule has 0 bridgehead atoms. The van der Waals surface area contributed by atoms with Crippen LogP contribution in [-0.2, 0) is 0 Å². The molecule has 0 saturated carbocycles. The van der Waals surface area contributed by atoms with Crippen LogP contribution in [0.15, 0.2) is 15.9 Å². The average molecular weight is 365 g/mol. The fourth-order valence-corrected chi connectivity index (χ4v) is 4.87. The highest BCUT2D eigenvalue weighted by molar-refractivity contribution is 9.11. The zero-order chi connectivity index (χ0) is 14.4. The molecule has 0 radical (unpaired) electrons. The lowest BCUT2D eigenvalue weighted by molar-refractivity contribution is 0.160. The summed E-state index contributed by atoms with van der Waals surface area (Å²) in [4.78, 5) is 3.84. The van der Waals surface area contributed by atoms with Crippen molar-refractivity contribution in [3.05, 3.63) is 20.8 Å². The molecule has 0 spiro atoms. The third-order valence-electron chi connectivity index (χ3n) is 3.61. The number of halogens is 1. The van der Waals surface area contributed by atoms with Gasteiger partial charge in [-0.25, -0.2) is 0 Å². The van der Waals surface area contributed by atoms with E-state index >= 15 is 0 Å². The summed E-state index contributed by atoms with van der Waals surface area (Å²) in [6, 6.07) is 5.42. The summed E-state index contributed by atoms with van der Waals surface area (Å²) in [5.74, 6) is 1.16. The molecular formula is C14H25BrN2S2. The molecular weight excluding hydrogens is 340 g/mol. The highest BCUT2D eigenvalue weighted by atomic mass is 79.9. The van der Waals surface area contributed by atoms with Crippen LogP contribution in [0.1, 0.15) is 37.6 Å². The SMILES string of the molecule is CCC(N)C(c1ccc(Br)s1)N(C)C(CC)CSC. The maximum atomic E-state index is 6.39. The zero-order valence-corrected chi connectivity index (χ0v) is 15.4. The summed E-state index contributed by atoms with van der Waals surface area (Å²) in [6.07, 6.45) is 4.34. The minimum atomic E-state index is 0.187. The Balaban J connectivity index is 2.96. The predicted octanol–water partition coefficient (Wildman–Crippen LogP) is 4.36. The minimum absolute atomic E-state index is 0.187. The molecule has 1 aromatic rings. The first kappa shape index (κ1) is 17.5. The van der Waals surface area contributed by atoms with Crippen LogP contribution >= 0.6 is 39.0 Å². The van der Waals surface area contributed by atoms with Crippen LogP contribution < -0.4 is 5.73 Å². The first-order valence-electron chi connectivity index (χ1n) is 6.76. The summed E-state index contributed by atoms with van der Waals surface area (Å²) in [5, 5.41) is 0. The smallest absolute Gasteiger partial charge is 0.0702 e. The number of thiophene rings is 1. The van der Waals surface area contributed by atoms with Gasteiger partial charge in [-0.3, -0.25) is 4.90 Å². The van der Waals surface area contributed by atoms with Crippen molar-refractivity contribution in [2.45, 2.75) is 44.8 Å². The van der Waals surface area contributed by atoms with Crippen LogP contribution in [0.3, 0.4) is 0 Å². The van der Waals surface area contributed by atoms with Crippen LogP contribution in [0.5, 0.6) is 0 Å². The Labute approximate surface area is 134 Å². The number of nitrogens with two attached hydrogens (primary N) is 1. The molecule has 19 heavy (non-hydrogen) atoms. The molecule has 1 aromatic heterocycles. The van der Waals surface area contributed by atoms with Gasteiger partial charge in [-0.1, -0.05) is 13.8 Å². The Hall–Kier alpha value is 0.450. The molecule has 110 valence electrons. The van der Waals surface area contributed by atoms with Gasteiger partial charge in [0.05, 0.1) is 9.83 Å². The molecule has 1 heterocycles. The second kappa shape index (κ2) is 8.67. The maximum absolute atomic E-state index is 6.39. The molecule has 0 saturated heterocycles. The van der Waals surface area contributed by atoms with E-state index in [9.17, 15) is 0 Å². The number of rotatable bonds is 8. The Bertz CT molecular complexity index is 370. The molecule has 0 aliphatic heterocycles. The van der Waals surface area contributed by atoms with Crippen LogP contribution in [-0.4, -0.2) is 36.0 Å². The van der Waals surface area contributed by atoms with E-state index in [2.05, 4.69) is 60.1 Å². The van der Waals surface area contributed by atoms with Crippen molar-refractivity contribution in [2.24, 2.45) is 5.73 Å². The van der Waals surface area contributed by atoms with Crippen LogP contribution in [0.2, 0.25) is 0 Å². The lowest BCUT2D eigenvalue weighted by atomic mass is 10.0. The molecule has 3 atom stereocenters.